The number of aliphatic hydroxyl groups excluding tert-OH is 3. The molecule has 1 fully saturated rings. The summed E-state index contributed by atoms with van der Waals surface area (Å²) in [5.41, 5.74) is 0.127. The summed E-state index contributed by atoms with van der Waals surface area (Å²) in [6.45, 7) is 1.31. The molecular weight excluding hydrogens is 242 g/mol. The van der Waals surface area contributed by atoms with Crippen molar-refractivity contribution in [2.45, 2.75) is 31.5 Å². The van der Waals surface area contributed by atoms with Gasteiger partial charge in [-0.15, -0.1) is 0 Å². The Hall–Kier alpha value is -1.48. The van der Waals surface area contributed by atoms with Crippen LogP contribution in [0.2, 0.25) is 0 Å². The van der Waals surface area contributed by atoms with Crippen LogP contribution in [-0.4, -0.2) is 56.4 Å². The van der Waals surface area contributed by atoms with Gasteiger partial charge < -0.3 is 30.4 Å². The SMILES string of the molecule is Cc1c[nH]c(=O)nc1N[C@@H]1O[C@H](CO)[C@H](O)[C@H]1O. The largest absolute Gasteiger partial charge is 0.394 e. The van der Waals surface area contributed by atoms with Gasteiger partial charge >= 0.3 is 5.69 Å². The first-order chi connectivity index (χ1) is 8.52. The second-order valence-electron chi connectivity index (χ2n) is 4.14. The van der Waals surface area contributed by atoms with E-state index in [0.717, 1.165) is 0 Å². The van der Waals surface area contributed by atoms with E-state index in [9.17, 15) is 15.0 Å². The molecule has 0 unspecified atom stereocenters. The topological polar surface area (TPSA) is 128 Å². The van der Waals surface area contributed by atoms with E-state index in [1.807, 2.05) is 0 Å². The van der Waals surface area contributed by atoms with Crippen molar-refractivity contribution in [2.24, 2.45) is 0 Å². The molecule has 8 nitrogen and oxygen atoms in total. The summed E-state index contributed by atoms with van der Waals surface area (Å²) in [6.07, 6.45) is -2.71. The maximum Gasteiger partial charge on any atom is 0.346 e. The molecule has 1 aliphatic rings. The van der Waals surface area contributed by atoms with Crippen molar-refractivity contribution in [1.29, 1.82) is 0 Å². The molecule has 0 saturated carbocycles. The molecule has 0 bridgehead atoms. The Labute approximate surface area is 102 Å². The second-order valence-corrected chi connectivity index (χ2v) is 4.14. The molecule has 8 heteroatoms. The smallest absolute Gasteiger partial charge is 0.346 e. The molecule has 0 amide bonds. The van der Waals surface area contributed by atoms with Crippen LogP contribution in [0.15, 0.2) is 11.0 Å². The van der Waals surface area contributed by atoms with E-state index in [-0.39, 0.29) is 5.82 Å². The minimum atomic E-state index is -1.21. The maximum absolute atomic E-state index is 11.1. The number of H-pyrrole nitrogens is 1. The fourth-order valence-electron chi connectivity index (χ4n) is 1.76. The van der Waals surface area contributed by atoms with Gasteiger partial charge in [-0.3, -0.25) is 0 Å². The first-order valence-corrected chi connectivity index (χ1v) is 5.48. The summed E-state index contributed by atoms with van der Waals surface area (Å²) in [6, 6.07) is 0. The minimum absolute atomic E-state index is 0.258. The quantitative estimate of drug-likeness (QED) is 0.421. The number of aryl methyl sites for hydroxylation is 1. The molecule has 0 aliphatic carbocycles. The van der Waals surface area contributed by atoms with Crippen molar-refractivity contribution in [1.82, 2.24) is 9.97 Å². The van der Waals surface area contributed by atoms with E-state index in [2.05, 4.69) is 15.3 Å². The van der Waals surface area contributed by atoms with Crippen molar-refractivity contribution in [3.63, 3.8) is 0 Å². The second kappa shape index (κ2) is 5.02. The minimum Gasteiger partial charge on any atom is -0.394 e. The standard InChI is InChI=1S/C10H15N3O5/c1-4-2-11-10(17)13-8(4)12-9-7(16)6(15)5(3-14)18-9/h2,5-7,9,14-16H,3H2,1H3,(H2,11,12,13,17)/t5-,6+,7-,9-/m1/s1. The van der Waals surface area contributed by atoms with Crippen molar-refractivity contribution < 1.29 is 20.1 Å². The molecule has 18 heavy (non-hydrogen) atoms. The molecule has 0 radical (unpaired) electrons. The molecule has 100 valence electrons. The number of aliphatic hydroxyl groups is 3. The van der Waals surface area contributed by atoms with Crippen LogP contribution in [0.3, 0.4) is 0 Å². The zero-order chi connectivity index (χ0) is 13.3. The van der Waals surface area contributed by atoms with Crippen LogP contribution in [0.1, 0.15) is 5.56 Å². The number of rotatable bonds is 3. The number of ether oxygens (including phenoxy) is 1. The van der Waals surface area contributed by atoms with E-state index in [1.165, 1.54) is 6.20 Å². The van der Waals surface area contributed by atoms with Gasteiger partial charge in [0.25, 0.3) is 0 Å². The lowest BCUT2D eigenvalue weighted by Gasteiger charge is -2.17. The van der Waals surface area contributed by atoms with Gasteiger partial charge in [0.2, 0.25) is 0 Å². The van der Waals surface area contributed by atoms with Crippen molar-refractivity contribution in [3.8, 4) is 0 Å². The van der Waals surface area contributed by atoms with Gasteiger partial charge in [-0.05, 0) is 6.92 Å². The first-order valence-electron chi connectivity index (χ1n) is 5.48. The van der Waals surface area contributed by atoms with Crippen LogP contribution >= 0.6 is 0 Å². The van der Waals surface area contributed by atoms with E-state index >= 15 is 0 Å². The summed E-state index contributed by atoms with van der Waals surface area (Å²) in [5.74, 6) is 0.258. The number of hydrogen-bond donors (Lipinski definition) is 5. The number of hydrogen-bond acceptors (Lipinski definition) is 7. The number of nitrogens with one attached hydrogen (secondary N) is 2. The Morgan fingerprint density at radius 2 is 2.22 bits per heavy atom. The van der Waals surface area contributed by atoms with Crippen LogP contribution < -0.4 is 11.0 Å². The van der Waals surface area contributed by atoms with E-state index in [0.29, 0.717) is 5.56 Å². The third kappa shape index (κ3) is 2.36. The van der Waals surface area contributed by atoms with Crippen molar-refractivity contribution in [3.05, 3.63) is 22.2 Å². The highest BCUT2D eigenvalue weighted by molar-refractivity contribution is 5.42. The van der Waals surface area contributed by atoms with E-state index < -0.39 is 36.8 Å². The van der Waals surface area contributed by atoms with Crippen LogP contribution in [0.25, 0.3) is 0 Å². The fourth-order valence-corrected chi connectivity index (χ4v) is 1.76. The molecule has 1 saturated heterocycles. The Morgan fingerprint density at radius 3 is 2.83 bits per heavy atom. The number of aromatic amines is 1. The molecule has 1 aliphatic heterocycles. The van der Waals surface area contributed by atoms with Gasteiger partial charge in [-0.2, -0.15) is 4.98 Å². The lowest BCUT2D eigenvalue weighted by atomic mass is 10.1. The Morgan fingerprint density at radius 1 is 1.50 bits per heavy atom. The van der Waals surface area contributed by atoms with E-state index in [1.54, 1.807) is 6.92 Å². The summed E-state index contributed by atoms with van der Waals surface area (Å²) in [5, 5.41) is 30.9. The number of anilines is 1. The highest BCUT2D eigenvalue weighted by Gasteiger charge is 2.42. The molecule has 0 spiro atoms. The summed E-state index contributed by atoms with van der Waals surface area (Å²) < 4.78 is 5.22. The molecule has 0 aromatic carbocycles. The molecule has 4 atom stereocenters. The highest BCUT2D eigenvalue weighted by atomic mass is 16.6. The molecule has 2 heterocycles. The molecule has 1 aromatic heterocycles. The Balaban J connectivity index is 2.15. The maximum atomic E-state index is 11.1. The van der Waals surface area contributed by atoms with Gasteiger partial charge in [-0.25, -0.2) is 4.79 Å². The zero-order valence-corrected chi connectivity index (χ0v) is 9.70. The lowest BCUT2D eigenvalue weighted by molar-refractivity contribution is -0.0154. The normalized spacial score (nSPS) is 31.6. The Bertz CT molecular complexity index is 477. The summed E-state index contributed by atoms with van der Waals surface area (Å²) >= 11 is 0. The van der Waals surface area contributed by atoms with Gasteiger partial charge in [0.1, 0.15) is 24.1 Å². The summed E-state index contributed by atoms with van der Waals surface area (Å²) in [4.78, 5) is 17.2. The average molecular weight is 257 g/mol. The van der Waals surface area contributed by atoms with Gasteiger partial charge in [0, 0.05) is 11.8 Å². The Kier molecular flexibility index (Phi) is 3.62. The average Bonchev–Trinajstić information content (AvgIpc) is 2.62. The van der Waals surface area contributed by atoms with Gasteiger partial charge in [-0.1, -0.05) is 0 Å². The molecular formula is C10H15N3O5. The van der Waals surface area contributed by atoms with Crippen molar-refractivity contribution >= 4 is 5.82 Å². The third-order valence-electron chi connectivity index (χ3n) is 2.82. The van der Waals surface area contributed by atoms with Crippen LogP contribution in [0.4, 0.5) is 5.82 Å². The first kappa shape index (κ1) is 13.0. The number of aromatic nitrogens is 2. The summed E-state index contributed by atoms with van der Waals surface area (Å²) in [7, 11) is 0. The van der Waals surface area contributed by atoms with E-state index in [4.69, 9.17) is 9.84 Å². The predicted molar refractivity (Wildman–Crippen MR) is 61.0 cm³/mol. The third-order valence-corrected chi connectivity index (χ3v) is 2.82. The monoisotopic (exact) mass is 257 g/mol. The highest BCUT2D eigenvalue weighted by Crippen LogP contribution is 2.22. The van der Waals surface area contributed by atoms with Gasteiger partial charge in [0.05, 0.1) is 6.61 Å². The zero-order valence-electron chi connectivity index (χ0n) is 9.70. The number of nitrogens with zero attached hydrogens (tertiary/aromatic N) is 1. The van der Waals surface area contributed by atoms with Crippen LogP contribution in [0, 0.1) is 6.92 Å². The molecule has 2 rings (SSSR count). The lowest BCUT2D eigenvalue weighted by Crippen LogP contribution is -2.37. The van der Waals surface area contributed by atoms with Crippen molar-refractivity contribution in [2.75, 3.05) is 11.9 Å². The predicted octanol–water partition coefficient (Wildman–Crippen LogP) is -2.07. The van der Waals surface area contributed by atoms with Crippen LogP contribution in [0.5, 0.6) is 0 Å². The van der Waals surface area contributed by atoms with Crippen LogP contribution in [-0.2, 0) is 4.74 Å². The molecule has 1 aromatic rings. The fraction of sp³-hybridized carbons (Fsp3) is 0.600. The van der Waals surface area contributed by atoms with Gasteiger partial charge in [0.15, 0.2) is 6.23 Å². The molecule has 5 N–H and O–H groups in total.